The molecule has 0 bridgehead atoms. The minimum Gasteiger partial charge on any atom is -0.447 e. The van der Waals surface area contributed by atoms with Crippen molar-refractivity contribution in [3.8, 4) is 0 Å². The van der Waals surface area contributed by atoms with E-state index in [1.165, 1.54) is 17.7 Å². The van der Waals surface area contributed by atoms with Crippen LogP contribution in [0.3, 0.4) is 0 Å². The number of hydrogen-bond donors (Lipinski definition) is 2. The number of carbonyl (C=O) groups is 2. The van der Waals surface area contributed by atoms with Crippen LogP contribution in [0.25, 0.3) is 0 Å². The molecule has 0 fully saturated rings. The number of benzene rings is 2. The van der Waals surface area contributed by atoms with Gasteiger partial charge in [0.05, 0.1) is 6.10 Å². The third-order valence-electron chi connectivity index (χ3n) is 4.77. The molecule has 2 rings (SSSR count). The van der Waals surface area contributed by atoms with Crippen molar-refractivity contribution >= 4 is 12.0 Å². The van der Waals surface area contributed by atoms with Crippen molar-refractivity contribution in [3.63, 3.8) is 0 Å². The summed E-state index contributed by atoms with van der Waals surface area (Å²) in [5, 5.41) is 5.60. The number of ether oxygens (including phenoxy) is 1. The molecule has 162 valence electrons. The largest absolute Gasteiger partial charge is 0.447 e. The van der Waals surface area contributed by atoms with Crippen LogP contribution in [0.2, 0.25) is 0 Å². The Morgan fingerprint density at radius 2 is 1.57 bits per heavy atom. The van der Waals surface area contributed by atoms with Crippen LogP contribution in [0, 0.1) is 18.7 Å². The van der Waals surface area contributed by atoms with E-state index in [4.69, 9.17) is 4.74 Å². The van der Waals surface area contributed by atoms with Crippen LogP contribution in [-0.4, -0.2) is 30.7 Å². The number of carbonyl (C=O) groups excluding carboxylic acids is 2. The standard InChI is InChI=1S/C24H31FN2O3/c1-16(2)30-24(29)27-22(18(4)15-20-9-11-21(25)12-10-20)23(28)26-14-13-19-7-5-17(3)6-8-19/h5-12,16,18,22H,13-15H2,1-4H3,(H,26,28)(H,27,29)/t18-,22+/m1/s1. The molecule has 0 heterocycles. The van der Waals surface area contributed by atoms with Gasteiger partial charge >= 0.3 is 6.09 Å². The first kappa shape index (κ1) is 23.4. The Kier molecular flexibility index (Phi) is 8.84. The summed E-state index contributed by atoms with van der Waals surface area (Å²) >= 11 is 0. The molecule has 6 heteroatoms. The average molecular weight is 415 g/mol. The van der Waals surface area contributed by atoms with Crippen LogP contribution >= 0.6 is 0 Å². The quantitative estimate of drug-likeness (QED) is 0.647. The fourth-order valence-corrected chi connectivity index (χ4v) is 3.15. The molecule has 5 nitrogen and oxygen atoms in total. The SMILES string of the molecule is Cc1ccc(CCNC(=O)[C@@H](NC(=O)OC(C)C)[C@H](C)Cc2ccc(F)cc2)cc1. The molecule has 0 aromatic heterocycles. The minimum atomic E-state index is -0.765. The zero-order chi connectivity index (χ0) is 22.1. The van der Waals surface area contributed by atoms with Gasteiger partial charge in [-0.3, -0.25) is 4.79 Å². The Morgan fingerprint density at radius 1 is 0.967 bits per heavy atom. The van der Waals surface area contributed by atoms with Gasteiger partial charge in [-0.05, 0) is 62.8 Å². The van der Waals surface area contributed by atoms with E-state index in [-0.39, 0.29) is 23.7 Å². The van der Waals surface area contributed by atoms with E-state index < -0.39 is 12.1 Å². The summed E-state index contributed by atoms with van der Waals surface area (Å²) in [6, 6.07) is 13.5. The first-order valence-corrected chi connectivity index (χ1v) is 10.3. The van der Waals surface area contributed by atoms with Gasteiger partial charge < -0.3 is 15.4 Å². The molecule has 2 aromatic rings. The Bertz CT molecular complexity index is 819. The first-order chi connectivity index (χ1) is 14.2. The fourth-order valence-electron chi connectivity index (χ4n) is 3.15. The highest BCUT2D eigenvalue weighted by Gasteiger charge is 2.27. The predicted octanol–water partition coefficient (Wildman–Crippen LogP) is 4.17. The van der Waals surface area contributed by atoms with Gasteiger partial charge in [-0.1, -0.05) is 48.9 Å². The summed E-state index contributed by atoms with van der Waals surface area (Å²) in [4.78, 5) is 25.0. The van der Waals surface area contributed by atoms with Gasteiger partial charge in [0.15, 0.2) is 0 Å². The number of rotatable bonds is 9. The maximum atomic E-state index is 13.2. The first-order valence-electron chi connectivity index (χ1n) is 10.3. The maximum Gasteiger partial charge on any atom is 0.408 e. The van der Waals surface area contributed by atoms with Crippen LogP contribution in [0.4, 0.5) is 9.18 Å². The minimum absolute atomic E-state index is 0.213. The number of amides is 2. The Labute approximate surface area is 178 Å². The monoisotopic (exact) mass is 414 g/mol. The summed E-state index contributed by atoms with van der Waals surface area (Å²) in [7, 11) is 0. The van der Waals surface area contributed by atoms with Gasteiger partial charge in [0, 0.05) is 6.54 Å². The molecule has 30 heavy (non-hydrogen) atoms. The molecule has 0 spiro atoms. The van der Waals surface area contributed by atoms with Crippen molar-refractivity contribution in [1.29, 1.82) is 0 Å². The van der Waals surface area contributed by atoms with Gasteiger partial charge in [0.25, 0.3) is 0 Å². The van der Waals surface area contributed by atoms with Crippen LogP contribution in [0.5, 0.6) is 0 Å². The lowest BCUT2D eigenvalue weighted by Gasteiger charge is -2.25. The molecule has 2 amide bonds. The highest BCUT2D eigenvalue weighted by Crippen LogP contribution is 2.14. The van der Waals surface area contributed by atoms with E-state index in [0.717, 1.165) is 11.1 Å². The lowest BCUT2D eigenvalue weighted by Crippen LogP contribution is -2.51. The van der Waals surface area contributed by atoms with E-state index in [1.807, 2.05) is 38.1 Å². The number of alkyl carbamates (subject to hydrolysis) is 1. The topological polar surface area (TPSA) is 67.4 Å². The van der Waals surface area contributed by atoms with E-state index in [0.29, 0.717) is 19.4 Å². The molecule has 2 N–H and O–H groups in total. The van der Waals surface area contributed by atoms with Gasteiger partial charge in [-0.2, -0.15) is 0 Å². The normalized spacial score (nSPS) is 12.9. The molecule has 0 saturated heterocycles. The molecule has 0 radical (unpaired) electrons. The van der Waals surface area contributed by atoms with Crippen LogP contribution in [0.1, 0.15) is 37.5 Å². The molecular formula is C24H31FN2O3. The summed E-state index contributed by atoms with van der Waals surface area (Å²) < 4.78 is 18.3. The predicted molar refractivity (Wildman–Crippen MR) is 116 cm³/mol. The van der Waals surface area contributed by atoms with Crippen molar-refractivity contribution in [3.05, 3.63) is 71.0 Å². The second kappa shape index (κ2) is 11.3. The van der Waals surface area contributed by atoms with E-state index in [2.05, 4.69) is 10.6 Å². The maximum absolute atomic E-state index is 13.2. The number of hydrogen-bond acceptors (Lipinski definition) is 3. The van der Waals surface area contributed by atoms with Crippen molar-refractivity contribution in [2.75, 3.05) is 6.54 Å². The molecule has 0 aliphatic carbocycles. The second-order valence-electron chi connectivity index (χ2n) is 7.91. The Hall–Kier alpha value is -2.89. The van der Waals surface area contributed by atoms with Gasteiger partial charge in [-0.15, -0.1) is 0 Å². The third kappa shape index (κ3) is 7.85. The molecular weight excluding hydrogens is 383 g/mol. The summed E-state index contributed by atoms with van der Waals surface area (Å²) in [5.41, 5.74) is 3.20. The third-order valence-corrected chi connectivity index (χ3v) is 4.77. The Balaban J connectivity index is 2.00. The number of nitrogens with one attached hydrogen (secondary N) is 2. The number of halogens is 1. The smallest absolute Gasteiger partial charge is 0.408 e. The summed E-state index contributed by atoms with van der Waals surface area (Å²) in [6.07, 6.45) is 0.289. The molecule has 0 aliphatic rings. The lowest BCUT2D eigenvalue weighted by atomic mass is 9.93. The average Bonchev–Trinajstić information content (AvgIpc) is 2.68. The summed E-state index contributed by atoms with van der Waals surface area (Å²) in [6.45, 7) is 7.86. The zero-order valence-corrected chi connectivity index (χ0v) is 18.1. The highest BCUT2D eigenvalue weighted by atomic mass is 19.1. The van der Waals surface area contributed by atoms with Crippen molar-refractivity contribution in [1.82, 2.24) is 10.6 Å². The van der Waals surface area contributed by atoms with Gasteiger partial charge in [0.1, 0.15) is 11.9 Å². The van der Waals surface area contributed by atoms with E-state index in [1.54, 1.807) is 26.0 Å². The lowest BCUT2D eigenvalue weighted by molar-refractivity contribution is -0.124. The van der Waals surface area contributed by atoms with Crippen molar-refractivity contribution in [2.24, 2.45) is 5.92 Å². The molecule has 0 aliphatic heterocycles. The van der Waals surface area contributed by atoms with Crippen LogP contribution < -0.4 is 10.6 Å². The molecule has 2 aromatic carbocycles. The van der Waals surface area contributed by atoms with Crippen molar-refractivity contribution < 1.29 is 18.7 Å². The van der Waals surface area contributed by atoms with E-state index in [9.17, 15) is 14.0 Å². The molecule has 2 atom stereocenters. The number of aryl methyl sites for hydroxylation is 1. The Morgan fingerprint density at radius 3 is 2.17 bits per heavy atom. The van der Waals surface area contributed by atoms with E-state index >= 15 is 0 Å². The summed E-state index contributed by atoms with van der Waals surface area (Å²) in [5.74, 6) is -0.789. The van der Waals surface area contributed by atoms with Gasteiger partial charge in [0.2, 0.25) is 5.91 Å². The molecule has 0 unspecified atom stereocenters. The zero-order valence-electron chi connectivity index (χ0n) is 18.1. The molecule has 0 saturated carbocycles. The van der Waals surface area contributed by atoms with Crippen molar-refractivity contribution in [2.45, 2.75) is 52.7 Å². The highest BCUT2D eigenvalue weighted by molar-refractivity contribution is 5.86. The van der Waals surface area contributed by atoms with Gasteiger partial charge in [-0.25, -0.2) is 9.18 Å². The van der Waals surface area contributed by atoms with Crippen LogP contribution in [-0.2, 0) is 22.4 Å². The van der Waals surface area contributed by atoms with Crippen LogP contribution in [0.15, 0.2) is 48.5 Å². The fraction of sp³-hybridized carbons (Fsp3) is 0.417. The second-order valence-corrected chi connectivity index (χ2v) is 7.91.